The van der Waals surface area contributed by atoms with Crippen LogP contribution in [0.5, 0.6) is 5.75 Å². The first-order chi connectivity index (χ1) is 10.3. The number of halogens is 3. The number of ether oxygens (including phenoxy) is 1. The highest BCUT2D eigenvalue weighted by molar-refractivity contribution is 14.3. The standard InChI is InChI=1S/C11H12N2O5.CHI3/c1-18-11(15)8-4-6-2-3-9(14)10(13(16)17)7(6)5-12-8;2-1(3)4/h2-3,8,12,14H,4-5H2,1H3;1H. The summed E-state index contributed by atoms with van der Waals surface area (Å²) >= 11 is 6.95. The molecule has 1 heterocycles. The van der Waals surface area contributed by atoms with E-state index in [1.165, 1.54) is 13.2 Å². The van der Waals surface area contributed by atoms with E-state index in [2.05, 4.69) is 77.8 Å². The first-order valence-electron chi connectivity index (χ1n) is 5.99. The lowest BCUT2D eigenvalue weighted by Gasteiger charge is -2.24. The molecule has 1 aromatic carbocycles. The Morgan fingerprint density at radius 3 is 2.59 bits per heavy atom. The summed E-state index contributed by atoms with van der Waals surface area (Å²) in [7, 11) is 1.29. The molecule has 1 unspecified atom stereocenters. The smallest absolute Gasteiger partial charge is 0.323 e. The quantitative estimate of drug-likeness (QED) is 0.169. The van der Waals surface area contributed by atoms with Crippen LogP contribution in [0.25, 0.3) is 0 Å². The molecule has 0 bridgehead atoms. The number of nitro groups is 1. The number of benzene rings is 1. The maximum absolute atomic E-state index is 11.4. The van der Waals surface area contributed by atoms with Gasteiger partial charge in [0.2, 0.25) is 0 Å². The maximum atomic E-state index is 11.4. The van der Waals surface area contributed by atoms with Gasteiger partial charge in [0.1, 0.15) is 5.98 Å². The van der Waals surface area contributed by atoms with Crippen molar-refractivity contribution in [3.8, 4) is 5.75 Å². The Bertz CT molecular complexity index is 565. The molecular formula is C12H13I3N2O5. The van der Waals surface area contributed by atoms with Gasteiger partial charge < -0.3 is 9.84 Å². The van der Waals surface area contributed by atoms with E-state index in [4.69, 9.17) is 0 Å². The van der Waals surface area contributed by atoms with Crippen molar-refractivity contribution >= 4 is 79.4 Å². The number of nitrogens with zero attached hydrogens (tertiary/aromatic N) is 1. The average Bonchev–Trinajstić information content (AvgIpc) is 2.44. The minimum atomic E-state index is -0.617. The molecule has 0 aliphatic carbocycles. The number of hydrogen-bond acceptors (Lipinski definition) is 6. The first-order valence-corrected chi connectivity index (χ1v) is 9.73. The van der Waals surface area contributed by atoms with Crippen LogP contribution >= 0.6 is 67.8 Å². The number of hydrogen-bond donors (Lipinski definition) is 2. The number of carbonyl (C=O) groups excluding carboxylic acids is 1. The van der Waals surface area contributed by atoms with Crippen molar-refractivity contribution in [1.29, 1.82) is 0 Å². The monoisotopic (exact) mass is 646 g/mol. The highest BCUT2D eigenvalue weighted by Gasteiger charge is 2.31. The first kappa shape index (κ1) is 20.1. The molecule has 1 atom stereocenters. The number of fused-ring (bicyclic) bond motifs is 1. The third-order valence-electron chi connectivity index (χ3n) is 2.98. The molecule has 1 aromatic rings. The molecule has 0 amide bonds. The Labute approximate surface area is 168 Å². The van der Waals surface area contributed by atoms with E-state index in [1.54, 1.807) is 6.07 Å². The normalized spacial score (nSPS) is 16.3. The Kier molecular flexibility index (Phi) is 8.55. The third kappa shape index (κ3) is 5.59. The van der Waals surface area contributed by atoms with Gasteiger partial charge in [-0.25, -0.2) is 0 Å². The van der Waals surface area contributed by atoms with Gasteiger partial charge in [-0.05, 0) is 18.1 Å². The van der Waals surface area contributed by atoms with Crippen LogP contribution in [0.1, 0.15) is 11.1 Å². The van der Waals surface area contributed by atoms with E-state index < -0.39 is 16.9 Å². The Balaban J connectivity index is 0.000000541. The summed E-state index contributed by atoms with van der Waals surface area (Å²) in [6, 6.07) is 2.36. The van der Waals surface area contributed by atoms with Crippen LogP contribution in [0, 0.1) is 10.1 Å². The van der Waals surface area contributed by atoms with Crippen molar-refractivity contribution < 1.29 is 19.6 Å². The number of carbonyl (C=O) groups is 1. The molecule has 10 heteroatoms. The van der Waals surface area contributed by atoms with Crippen LogP contribution in [0.2, 0.25) is 0 Å². The van der Waals surface area contributed by atoms with E-state index >= 15 is 0 Å². The Morgan fingerprint density at radius 2 is 2.09 bits per heavy atom. The molecule has 1 aliphatic heterocycles. The topological polar surface area (TPSA) is 102 Å². The number of phenolic OH excluding ortho intramolecular Hbond substituents is 1. The van der Waals surface area contributed by atoms with Crippen molar-refractivity contribution in [2.45, 2.75) is 18.9 Å². The number of nitrogens with one attached hydrogen (secondary N) is 1. The largest absolute Gasteiger partial charge is 0.502 e. The minimum absolute atomic E-state index is 0.153. The molecule has 0 radical (unpaired) electrons. The van der Waals surface area contributed by atoms with E-state index in [-0.39, 0.29) is 18.0 Å². The van der Waals surface area contributed by atoms with Gasteiger partial charge in [0.15, 0.2) is 5.75 Å². The molecule has 2 N–H and O–H groups in total. The lowest BCUT2D eigenvalue weighted by atomic mass is 9.94. The molecule has 7 nitrogen and oxygen atoms in total. The van der Waals surface area contributed by atoms with Gasteiger partial charge in [-0.15, -0.1) is 0 Å². The molecule has 22 heavy (non-hydrogen) atoms. The summed E-state index contributed by atoms with van der Waals surface area (Å²) < 4.78 is 5.36. The van der Waals surface area contributed by atoms with Gasteiger partial charge in [-0.3, -0.25) is 20.2 Å². The zero-order valence-corrected chi connectivity index (χ0v) is 17.9. The summed E-state index contributed by atoms with van der Waals surface area (Å²) in [5, 5.41) is 23.2. The van der Waals surface area contributed by atoms with Crippen LogP contribution < -0.4 is 5.32 Å². The number of alkyl halides is 3. The minimum Gasteiger partial charge on any atom is -0.502 e. The maximum Gasteiger partial charge on any atom is 0.323 e. The number of esters is 1. The Morgan fingerprint density at radius 1 is 1.50 bits per heavy atom. The fraction of sp³-hybridized carbons (Fsp3) is 0.417. The van der Waals surface area contributed by atoms with E-state index in [0.29, 0.717) is 17.5 Å². The summed E-state index contributed by atoms with van der Waals surface area (Å²) in [5.41, 5.74) is 0.789. The summed E-state index contributed by atoms with van der Waals surface area (Å²) in [4.78, 5) is 21.7. The van der Waals surface area contributed by atoms with Crippen LogP contribution in [-0.2, 0) is 22.5 Å². The fourth-order valence-electron chi connectivity index (χ4n) is 2.08. The van der Waals surface area contributed by atoms with Gasteiger partial charge in [-0.1, -0.05) is 73.8 Å². The van der Waals surface area contributed by atoms with Gasteiger partial charge >= 0.3 is 11.7 Å². The number of aromatic hydroxyl groups is 1. The molecule has 0 aromatic heterocycles. The number of phenols is 1. The predicted octanol–water partition coefficient (Wildman–Crippen LogP) is 3.06. The van der Waals surface area contributed by atoms with Gasteiger partial charge in [-0.2, -0.15) is 0 Å². The van der Waals surface area contributed by atoms with Crippen molar-refractivity contribution in [2.24, 2.45) is 0 Å². The second-order valence-electron chi connectivity index (χ2n) is 4.24. The van der Waals surface area contributed by atoms with Crippen LogP contribution in [-0.4, -0.2) is 29.1 Å². The van der Waals surface area contributed by atoms with E-state index in [1.807, 2.05) is 0 Å². The van der Waals surface area contributed by atoms with Gasteiger partial charge in [0, 0.05) is 6.54 Å². The molecule has 0 spiro atoms. The SMILES string of the molecule is COC(=O)C1Cc2ccc(O)c([N+](=O)[O-])c2CN1.IC(I)I. The number of methoxy groups -OCH3 is 1. The zero-order chi connectivity index (χ0) is 16.9. The van der Waals surface area contributed by atoms with Gasteiger partial charge in [0.05, 0.1) is 17.6 Å². The Hall–Kier alpha value is 0.0400. The van der Waals surface area contributed by atoms with Gasteiger partial charge in [0.25, 0.3) is 0 Å². The number of nitro benzene ring substituents is 1. The van der Waals surface area contributed by atoms with Crippen molar-refractivity contribution in [1.82, 2.24) is 5.32 Å². The summed E-state index contributed by atoms with van der Waals surface area (Å²) in [6.45, 7) is 0.153. The van der Waals surface area contributed by atoms with E-state index in [0.717, 1.165) is -0.0619 Å². The van der Waals surface area contributed by atoms with Crippen molar-refractivity contribution in [2.75, 3.05) is 7.11 Å². The molecule has 0 fully saturated rings. The number of rotatable bonds is 2. The third-order valence-corrected chi connectivity index (χ3v) is 2.98. The zero-order valence-electron chi connectivity index (χ0n) is 11.4. The van der Waals surface area contributed by atoms with Crippen LogP contribution in [0.4, 0.5) is 5.69 Å². The lowest BCUT2D eigenvalue weighted by molar-refractivity contribution is -0.386. The summed E-state index contributed by atoms with van der Waals surface area (Å²) in [5.74, 6) is -0.770. The highest BCUT2D eigenvalue weighted by Crippen LogP contribution is 2.34. The molecular weight excluding hydrogens is 633 g/mol. The van der Waals surface area contributed by atoms with Crippen LogP contribution in [0.3, 0.4) is 0 Å². The van der Waals surface area contributed by atoms with Crippen LogP contribution in [0.15, 0.2) is 12.1 Å². The molecule has 0 saturated heterocycles. The second kappa shape index (κ2) is 9.36. The van der Waals surface area contributed by atoms with Crippen molar-refractivity contribution in [3.05, 3.63) is 33.4 Å². The van der Waals surface area contributed by atoms with E-state index in [9.17, 15) is 20.0 Å². The average molecular weight is 646 g/mol. The molecule has 2 rings (SSSR count). The lowest BCUT2D eigenvalue weighted by Crippen LogP contribution is -2.42. The van der Waals surface area contributed by atoms with Crippen molar-refractivity contribution in [3.63, 3.8) is 0 Å². The molecule has 0 saturated carbocycles. The predicted molar refractivity (Wildman–Crippen MR) is 107 cm³/mol. The summed E-state index contributed by atoms with van der Waals surface area (Å²) in [6.07, 6.45) is 0.309. The second-order valence-corrected chi connectivity index (χ2v) is 15.1. The highest BCUT2D eigenvalue weighted by atomic mass is 127. The fourth-order valence-corrected chi connectivity index (χ4v) is 2.08. The molecule has 1 aliphatic rings. The molecule has 122 valence electrons.